The number of unbranched alkanes of at least 4 members (excludes halogenated alkanes) is 15. The van der Waals surface area contributed by atoms with Crippen LogP contribution in [0, 0.1) is 0 Å². The minimum atomic E-state index is -0.813. The first-order valence-corrected chi connectivity index (χ1v) is 28.8. The van der Waals surface area contributed by atoms with Crippen molar-refractivity contribution in [2.45, 2.75) is 239 Å². The van der Waals surface area contributed by atoms with Gasteiger partial charge in [0.15, 0.2) is 6.10 Å². The van der Waals surface area contributed by atoms with Gasteiger partial charge >= 0.3 is 17.9 Å². The first kappa shape index (κ1) is 67.3. The summed E-state index contributed by atoms with van der Waals surface area (Å²) in [6.07, 6.45) is 84.2. The van der Waals surface area contributed by atoms with E-state index in [0.29, 0.717) is 12.8 Å². The Morgan fingerprint density at radius 3 is 0.875 bits per heavy atom. The summed E-state index contributed by atoms with van der Waals surface area (Å²) in [7, 11) is 0. The lowest BCUT2D eigenvalue weighted by atomic mass is 10.1. The van der Waals surface area contributed by atoms with Crippen LogP contribution in [-0.2, 0) is 28.6 Å². The molecule has 0 saturated heterocycles. The monoisotopic (exact) mass is 993 g/mol. The molecule has 1 atom stereocenters. The molecule has 0 saturated carbocycles. The largest absolute Gasteiger partial charge is 0.462 e. The van der Waals surface area contributed by atoms with Gasteiger partial charge in [-0.15, -0.1) is 0 Å². The molecule has 6 nitrogen and oxygen atoms in total. The predicted octanol–water partition coefficient (Wildman–Crippen LogP) is 19.6. The maximum atomic E-state index is 12.8. The summed E-state index contributed by atoms with van der Waals surface area (Å²) in [5.41, 5.74) is 0. The van der Waals surface area contributed by atoms with E-state index < -0.39 is 6.10 Å². The van der Waals surface area contributed by atoms with Gasteiger partial charge in [0.1, 0.15) is 13.2 Å². The minimum Gasteiger partial charge on any atom is -0.462 e. The van der Waals surface area contributed by atoms with Crippen molar-refractivity contribution >= 4 is 17.9 Å². The van der Waals surface area contributed by atoms with Crippen LogP contribution in [0.25, 0.3) is 0 Å². The molecule has 404 valence electrons. The van der Waals surface area contributed by atoms with Gasteiger partial charge in [-0.1, -0.05) is 218 Å². The maximum absolute atomic E-state index is 12.8. The van der Waals surface area contributed by atoms with Crippen LogP contribution in [0.5, 0.6) is 0 Å². The van der Waals surface area contributed by atoms with Gasteiger partial charge in [0, 0.05) is 19.3 Å². The molecule has 0 aliphatic rings. The fraction of sp³-hybridized carbons (Fsp3) is 0.591. The highest BCUT2D eigenvalue weighted by atomic mass is 16.6. The number of allylic oxidation sites excluding steroid dienone is 24. The molecule has 1 unspecified atom stereocenters. The van der Waals surface area contributed by atoms with Gasteiger partial charge in [-0.25, -0.2) is 0 Å². The van der Waals surface area contributed by atoms with E-state index in [1.54, 1.807) is 0 Å². The Morgan fingerprint density at radius 1 is 0.292 bits per heavy atom. The maximum Gasteiger partial charge on any atom is 0.306 e. The first-order chi connectivity index (χ1) is 35.5. The van der Waals surface area contributed by atoms with E-state index in [1.165, 1.54) is 32.1 Å². The van der Waals surface area contributed by atoms with Crippen molar-refractivity contribution in [3.63, 3.8) is 0 Å². The van der Waals surface area contributed by atoms with Crippen LogP contribution < -0.4 is 0 Å². The van der Waals surface area contributed by atoms with Gasteiger partial charge in [0.2, 0.25) is 0 Å². The Labute approximate surface area is 442 Å². The summed E-state index contributed by atoms with van der Waals surface area (Å²) in [4.78, 5) is 38.1. The number of hydrogen-bond donors (Lipinski definition) is 0. The van der Waals surface area contributed by atoms with E-state index >= 15 is 0 Å². The number of rotatable bonds is 50. The molecule has 72 heavy (non-hydrogen) atoms. The molecule has 0 bridgehead atoms. The molecule has 0 aromatic heterocycles. The zero-order valence-corrected chi connectivity index (χ0v) is 46.1. The van der Waals surface area contributed by atoms with E-state index in [0.717, 1.165) is 161 Å². The molecular weight excluding hydrogens is 889 g/mol. The summed E-state index contributed by atoms with van der Waals surface area (Å²) in [6, 6.07) is 0. The van der Waals surface area contributed by atoms with E-state index in [9.17, 15) is 14.4 Å². The molecule has 0 aromatic carbocycles. The highest BCUT2D eigenvalue weighted by Crippen LogP contribution is 2.12. The summed E-state index contributed by atoms with van der Waals surface area (Å²) in [5.74, 6) is -0.981. The molecule has 0 heterocycles. The fourth-order valence-electron chi connectivity index (χ4n) is 7.29. The van der Waals surface area contributed by atoms with Gasteiger partial charge in [0.25, 0.3) is 0 Å². The molecule has 0 aliphatic carbocycles. The highest BCUT2D eigenvalue weighted by Gasteiger charge is 2.19. The number of ether oxygens (including phenoxy) is 3. The topological polar surface area (TPSA) is 78.9 Å². The standard InChI is InChI=1S/C66H104O6/c1-4-7-10-13-16-19-22-25-26-27-28-29-30-31-32-33-34-35-36-37-38-39-40-42-44-47-50-53-56-59-65(68)71-62-63(61-70-64(67)58-55-52-49-46-43-24-21-18-15-12-9-6-3)72-66(69)60-57-54-51-48-45-41-23-20-17-14-11-8-5-2/h7-8,10-11,16-21,25-26,28-29,31-32,34-35,37-38,40-42,45,63H,4-6,9,12-15,22-24,27,30,33,36,39,43-44,46-62H2,1-3H3/b10-7-,11-8-,19-16-,20-17-,21-18-,26-25-,29-28-,32-31-,35-34-,38-37-,42-40-,45-41-. The summed E-state index contributed by atoms with van der Waals surface area (Å²) >= 11 is 0. The van der Waals surface area contributed by atoms with E-state index in [2.05, 4.69) is 167 Å². The molecule has 6 heteroatoms. The van der Waals surface area contributed by atoms with Crippen molar-refractivity contribution < 1.29 is 28.6 Å². The smallest absolute Gasteiger partial charge is 0.306 e. The second-order valence-electron chi connectivity index (χ2n) is 18.4. The second kappa shape index (κ2) is 58.9. The van der Waals surface area contributed by atoms with Crippen LogP contribution in [0.3, 0.4) is 0 Å². The number of hydrogen-bond acceptors (Lipinski definition) is 6. The van der Waals surface area contributed by atoms with Crippen LogP contribution in [0.1, 0.15) is 233 Å². The van der Waals surface area contributed by atoms with Crippen LogP contribution in [0.2, 0.25) is 0 Å². The van der Waals surface area contributed by atoms with Crippen molar-refractivity contribution in [3.8, 4) is 0 Å². The van der Waals surface area contributed by atoms with Gasteiger partial charge < -0.3 is 14.2 Å². The predicted molar refractivity (Wildman–Crippen MR) is 311 cm³/mol. The molecule has 0 radical (unpaired) electrons. The van der Waals surface area contributed by atoms with Crippen molar-refractivity contribution in [2.24, 2.45) is 0 Å². The summed E-state index contributed by atoms with van der Waals surface area (Å²) in [5, 5.41) is 0. The fourth-order valence-corrected chi connectivity index (χ4v) is 7.29. The van der Waals surface area contributed by atoms with Crippen LogP contribution in [-0.4, -0.2) is 37.2 Å². The Kier molecular flexibility index (Phi) is 55.0. The van der Waals surface area contributed by atoms with Crippen molar-refractivity contribution in [1.82, 2.24) is 0 Å². The molecule has 0 amide bonds. The summed E-state index contributed by atoms with van der Waals surface area (Å²) in [6.45, 7) is 6.31. The molecule has 0 fully saturated rings. The Hall–Kier alpha value is -4.71. The molecular formula is C66H104O6. The highest BCUT2D eigenvalue weighted by molar-refractivity contribution is 5.71. The average Bonchev–Trinajstić information content (AvgIpc) is 3.38. The summed E-state index contributed by atoms with van der Waals surface area (Å²) < 4.78 is 16.8. The van der Waals surface area contributed by atoms with E-state index in [4.69, 9.17) is 14.2 Å². The first-order valence-electron chi connectivity index (χ1n) is 28.8. The van der Waals surface area contributed by atoms with Crippen molar-refractivity contribution in [1.29, 1.82) is 0 Å². The van der Waals surface area contributed by atoms with Gasteiger partial charge in [-0.2, -0.15) is 0 Å². The lowest BCUT2D eigenvalue weighted by molar-refractivity contribution is -0.167. The van der Waals surface area contributed by atoms with Crippen LogP contribution in [0.4, 0.5) is 0 Å². The normalized spacial score (nSPS) is 13.2. The average molecular weight is 994 g/mol. The van der Waals surface area contributed by atoms with E-state index in [1.807, 2.05) is 0 Å². The third kappa shape index (κ3) is 56.2. The molecule has 0 rings (SSSR count). The third-order valence-electron chi connectivity index (χ3n) is 11.6. The van der Waals surface area contributed by atoms with Gasteiger partial charge in [0.05, 0.1) is 0 Å². The lowest BCUT2D eigenvalue weighted by Crippen LogP contribution is -2.30. The quantitative estimate of drug-likeness (QED) is 0.0261. The minimum absolute atomic E-state index is 0.108. The number of carbonyl (C=O) groups is 3. The zero-order chi connectivity index (χ0) is 52.2. The van der Waals surface area contributed by atoms with Gasteiger partial charge in [-0.05, 0) is 141 Å². The van der Waals surface area contributed by atoms with Crippen molar-refractivity contribution in [2.75, 3.05) is 13.2 Å². The lowest BCUT2D eigenvalue weighted by Gasteiger charge is -2.18. The molecule has 0 aromatic rings. The molecule has 0 N–H and O–H groups in total. The Bertz CT molecular complexity index is 1610. The Morgan fingerprint density at radius 2 is 0.542 bits per heavy atom. The SMILES string of the molecule is CC/C=C\C/C=C\C/C=C\C/C=C\C/C=C\C/C=C\C/C=C\C/C=C\CCCCCCC(=O)OCC(COC(=O)CCCCCCC/C=C\CCCCC)OC(=O)CCCCC/C=C\C/C=C\C/C=C\CC. The number of carbonyl (C=O) groups excluding carboxylic acids is 3. The molecule has 0 aliphatic heterocycles. The van der Waals surface area contributed by atoms with Crippen LogP contribution >= 0.6 is 0 Å². The second-order valence-corrected chi connectivity index (χ2v) is 18.4. The zero-order valence-electron chi connectivity index (χ0n) is 46.1. The number of esters is 3. The molecule has 0 spiro atoms. The van der Waals surface area contributed by atoms with Crippen LogP contribution in [0.15, 0.2) is 146 Å². The van der Waals surface area contributed by atoms with E-state index in [-0.39, 0.29) is 37.5 Å². The third-order valence-corrected chi connectivity index (χ3v) is 11.6. The van der Waals surface area contributed by atoms with Crippen molar-refractivity contribution in [3.05, 3.63) is 146 Å². The Balaban J connectivity index is 4.38. The van der Waals surface area contributed by atoms with Gasteiger partial charge in [-0.3, -0.25) is 14.4 Å².